The molecule has 1 atom stereocenters. The van der Waals surface area contributed by atoms with Crippen LogP contribution >= 0.6 is 0 Å². The van der Waals surface area contributed by atoms with Crippen LogP contribution in [0, 0.1) is 6.92 Å². The van der Waals surface area contributed by atoms with Gasteiger partial charge in [0.2, 0.25) is 0 Å². The molecule has 0 amide bonds. The summed E-state index contributed by atoms with van der Waals surface area (Å²) in [4.78, 5) is 2.50. The fourth-order valence-corrected chi connectivity index (χ4v) is 2.43. The number of nitrogens with zero attached hydrogens (tertiary/aromatic N) is 1. The van der Waals surface area contributed by atoms with Crippen molar-refractivity contribution in [3.63, 3.8) is 0 Å². The quantitative estimate of drug-likeness (QED) is 0.844. The monoisotopic (exact) mass is 218 g/mol. The Bertz CT molecular complexity index is 329. The first-order chi connectivity index (χ1) is 7.75. The number of nitrogens with two attached hydrogens (primary N) is 1. The first-order valence-electron chi connectivity index (χ1n) is 6.30. The SMILES string of the molecule is Cc1cccc(C(N)CN2CCCCC2)c1. The molecule has 1 heterocycles. The van der Waals surface area contributed by atoms with E-state index in [4.69, 9.17) is 5.73 Å². The number of piperidine rings is 1. The Labute approximate surface area is 98.4 Å². The van der Waals surface area contributed by atoms with Gasteiger partial charge in [-0.3, -0.25) is 0 Å². The third-order valence-electron chi connectivity index (χ3n) is 3.37. The Balaban J connectivity index is 1.94. The van der Waals surface area contributed by atoms with E-state index in [1.165, 1.54) is 43.5 Å². The lowest BCUT2D eigenvalue weighted by atomic mass is 10.0. The molecule has 1 aliphatic heterocycles. The first kappa shape index (κ1) is 11.6. The lowest BCUT2D eigenvalue weighted by Gasteiger charge is -2.29. The molecule has 1 aliphatic rings. The Morgan fingerprint density at radius 2 is 2.00 bits per heavy atom. The van der Waals surface area contributed by atoms with Crippen molar-refractivity contribution < 1.29 is 0 Å². The number of benzene rings is 1. The largest absolute Gasteiger partial charge is 0.323 e. The molecule has 16 heavy (non-hydrogen) atoms. The summed E-state index contributed by atoms with van der Waals surface area (Å²) >= 11 is 0. The molecule has 1 aromatic rings. The predicted molar refractivity (Wildman–Crippen MR) is 68.4 cm³/mol. The summed E-state index contributed by atoms with van der Waals surface area (Å²) in [6, 6.07) is 8.73. The van der Waals surface area contributed by atoms with Gasteiger partial charge in [0.1, 0.15) is 0 Å². The van der Waals surface area contributed by atoms with Crippen molar-refractivity contribution >= 4 is 0 Å². The molecule has 0 spiro atoms. The standard InChI is InChI=1S/C14H22N2/c1-12-6-5-7-13(10-12)14(15)11-16-8-3-2-4-9-16/h5-7,10,14H,2-4,8-9,11,15H2,1H3. The second-order valence-corrected chi connectivity index (χ2v) is 4.88. The minimum atomic E-state index is 0.165. The van der Waals surface area contributed by atoms with Gasteiger partial charge >= 0.3 is 0 Å². The Kier molecular flexibility index (Phi) is 3.97. The Morgan fingerprint density at radius 1 is 1.25 bits per heavy atom. The van der Waals surface area contributed by atoms with Gasteiger partial charge < -0.3 is 10.6 Å². The van der Waals surface area contributed by atoms with E-state index in [-0.39, 0.29) is 6.04 Å². The van der Waals surface area contributed by atoms with Crippen LogP contribution < -0.4 is 5.73 Å². The molecule has 2 N–H and O–H groups in total. The average molecular weight is 218 g/mol. The highest BCUT2D eigenvalue weighted by Gasteiger charge is 2.14. The fourth-order valence-electron chi connectivity index (χ4n) is 2.43. The number of hydrogen-bond acceptors (Lipinski definition) is 2. The van der Waals surface area contributed by atoms with Gasteiger partial charge in [0.25, 0.3) is 0 Å². The van der Waals surface area contributed by atoms with Gasteiger partial charge in [-0.1, -0.05) is 36.2 Å². The van der Waals surface area contributed by atoms with Crippen LogP contribution in [0.15, 0.2) is 24.3 Å². The van der Waals surface area contributed by atoms with Crippen molar-refractivity contribution in [2.45, 2.75) is 32.2 Å². The van der Waals surface area contributed by atoms with Gasteiger partial charge in [0.15, 0.2) is 0 Å². The summed E-state index contributed by atoms with van der Waals surface area (Å²) in [7, 11) is 0. The second kappa shape index (κ2) is 5.46. The van der Waals surface area contributed by atoms with Crippen molar-refractivity contribution in [1.82, 2.24) is 4.90 Å². The molecule has 1 fully saturated rings. The van der Waals surface area contributed by atoms with Gasteiger partial charge in [0.05, 0.1) is 0 Å². The molecule has 0 radical (unpaired) electrons. The zero-order chi connectivity index (χ0) is 11.4. The maximum absolute atomic E-state index is 6.25. The highest BCUT2D eigenvalue weighted by atomic mass is 15.1. The van der Waals surface area contributed by atoms with Gasteiger partial charge in [-0.2, -0.15) is 0 Å². The summed E-state index contributed by atoms with van der Waals surface area (Å²) in [6.45, 7) is 5.57. The molecule has 2 heteroatoms. The molecule has 0 aromatic heterocycles. The van der Waals surface area contributed by atoms with Crippen LogP contribution in [0.2, 0.25) is 0 Å². The van der Waals surface area contributed by atoms with E-state index in [2.05, 4.69) is 36.1 Å². The summed E-state index contributed by atoms with van der Waals surface area (Å²) < 4.78 is 0. The van der Waals surface area contributed by atoms with E-state index < -0.39 is 0 Å². The zero-order valence-corrected chi connectivity index (χ0v) is 10.2. The summed E-state index contributed by atoms with van der Waals surface area (Å²) in [6.07, 6.45) is 4.05. The maximum Gasteiger partial charge on any atom is 0.0424 e. The summed E-state index contributed by atoms with van der Waals surface area (Å²) in [5.74, 6) is 0. The summed E-state index contributed by atoms with van der Waals surface area (Å²) in [5.41, 5.74) is 8.82. The van der Waals surface area contributed by atoms with E-state index in [0.717, 1.165) is 6.54 Å². The predicted octanol–water partition coefficient (Wildman–Crippen LogP) is 2.48. The van der Waals surface area contributed by atoms with Crippen molar-refractivity contribution in [1.29, 1.82) is 0 Å². The second-order valence-electron chi connectivity index (χ2n) is 4.88. The Hall–Kier alpha value is -0.860. The molecule has 0 saturated carbocycles. The van der Waals surface area contributed by atoms with Crippen molar-refractivity contribution in [2.75, 3.05) is 19.6 Å². The van der Waals surface area contributed by atoms with E-state index in [1.807, 2.05) is 0 Å². The van der Waals surface area contributed by atoms with Crippen LogP contribution in [0.1, 0.15) is 36.4 Å². The van der Waals surface area contributed by atoms with Crippen LogP contribution in [0.5, 0.6) is 0 Å². The third-order valence-corrected chi connectivity index (χ3v) is 3.37. The smallest absolute Gasteiger partial charge is 0.0424 e. The van der Waals surface area contributed by atoms with Gasteiger partial charge in [-0.15, -0.1) is 0 Å². The molecule has 1 saturated heterocycles. The zero-order valence-electron chi connectivity index (χ0n) is 10.2. The highest BCUT2D eigenvalue weighted by Crippen LogP contribution is 2.16. The third kappa shape index (κ3) is 3.06. The highest BCUT2D eigenvalue weighted by molar-refractivity contribution is 5.25. The minimum absolute atomic E-state index is 0.165. The molecule has 0 bridgehead atoms. The van der Waals surface area contributed by atoms with Gasteiger partial charge in [0, 0.05) is 12.6 Å². The number of rotatable bonds is 3. The fraction of sp³-hybridized carbons (Fsp3) is 0.571. The molecular formula is C14H22N2. The molecule has 88 valence electrons. The van der Waals surface area contributed by atoms with Crippen molar-refractivity contribution in [3.8, 4) is 0 Å². The normalized spacial score (nSPS) is 19.6. The minimum Gasteiger partial charge on any atom is -0.323 e. The van der Waals surface area contributed by atoms with E-state index in [1.54, 1.807) is 0 Å². The maximum atomic E-state index is 6.25. The van der Waals surface area contributed by atoms with Crippen LogP contribution in [0.3, 0.4) is 0 Å². The molecule has 2 nitrogen and oxygen atoms in total. The van der Waals surface area contributed by atoms with Crippen LogP contribution in [0.4, 0.5) is 0 Å². The molecule has 1 unspecified atom stereocenters. The van der Waals surface area contributed by atoms with Crippen LogP contribution in [-0.4, -0.2) is 24.5 Å². The molecular weight excluding hydrogens is 196 g/mol. The molecule has 0 aliphatic carbocycles. The van der Waals surface area contributed by atoms with Crippen molar-refractivity contribution in [2.24, 2.45) is 5.73 Å². The van der Waals surface area contributed by atoms with E-state index in [0.29, 0.717) is 0 Å². The lowest BCUT2D eigenvalue weighted by Crippen LogP contribution is -2.36. The van der Waals surface area contributed by atoms with Crippen molar-refractivity contribution in [3.05, 3.63) is 35.4 Å². The van der Waals surface area contributed by atoms with Crippen LogP contribution in [-0.2, 0) is 0 Å². The molecule has 1 aromatic carbocycles. The summed E-state index contributed by atoms with van der Waals surface area (Å²) in [5, 5.41) is 0. The number of aryl methyl sites for hydroxylation is 1. The number of hydrogen-bond donors (Lipinski definition) is 1. The number of likely N-dealkylation sites (tertiary alicyclic amines) is 1. The van der Waals surface area contributed by atoms with Gasteiger partial charge in [-0.25, -0.2) is 0 Å². The molecule has 2 rings (SSSR count). The van der Waals surface area contributed by atoms with Crippen LogP contribution in [0.25, 0.3) is 0 Å². The topological polar surface area (TPSA) is 29.3 Å². The first-order valence-corrected chi connectivity index (χ1v) is 6.30. The van der Waals surface area contributed by atoms with E-state index >= 15 is 0 Å². The van der Waals surface area contributed by atoms with Gasteiger partial charge in [-0.05, 0) is 38.4 Å². The average Bonchev–Trinajstić information content (AvgIpc) is 2.30. The lowest BCUT2D eigenvalue weighted by molar-refractivity contribution is 0.216. The Morgan fingerprint density at radius 3 is 2.69 bits per heavy atom. The van der Waals surface area contributed by atoms with E-state index in [9.17, 15) is 0 Å².